The zero-order chi connectivity index (χ0) is 14.5. The minimum Gasteiger partial charge on any atom is -0.295 e. The molecule has 0 bridgehead atoms. The van der Waals surface area contributed by atoms with Gasteiger partial charge in [-0.25, -0.2) is 0 Å². The van der Waals surface area contributed by atoms with Crippen molar-refractivity contribution in [3.63, 3.8) is 0 Å². The van der Waals surface area contributed by atoms with Gasteiger partial charge in [0, 0.05) is 11.7 Å². The second kappa shape index (κ2) is 4.65. The van der Waals surface area contributed by atoms with Crippen LogP contribution in [0.1, 0.15) is 30.4 Å². The Balaban J connectivity index is 2.00. The first kappa shape index (κ1) is 13.7. The van der Waals surface area contributed by atoms with E-state index in [-0.39, 0.29) is 6.04 Å². The third kappa shape index (κ3) is 2.39. The Labute approximate surface area is 119 Å². The van der Waals surface area contributed by atoms with E-state index in [2.05, 4.69) is 0 Å². The zero-order valence-electron chi connectivity index (χ0n) is 10.6. The number of rotatable bonds is 1. The van der Waals surface area contributed by atoms with Crippen LogP contribution in [0.2, 0.25) is 0 Å². The highest BCUT2D eigenvalue weighted by Crippen LogP contribution is 2.44. The molecule has 20 heavy (non-hydrogen) atoms. The number of benzene rings is 1. The average Bonchev–Trinajstić information content (AvgIpc) is 3.19. The van der Waals surface area contributed by atoms with Gasteiger partial charge < -0.3 is 0 Å². The molecule has 0 N–H and O–H groups in total. The molecule has 0 spiro atoms. The van der Waals surface area contributed by atoms with E-state index < -0.39 is 17.1 Å². The van der Waals surface area contributed by atoms with E-state index in [1.54, 1.807) is 0 Å². The molecule has 6 heteroatoms. The van der Waals surface area contributed by atoms with Gasteiger partial charge >= 0.3 is 11.5 Å². The van der Waals surface area contributed by atoms with E-state index >= 15 is 0 Å². The smallest absolute Gasteiger partial charge is 0.295 e. The lowest BCUT2D eigenvalue weighted by Crippen LogP contribution is -2.42. The maximum Gasteiger partial charge on any atom is 0.416 e. The van der Waals surface area contributed by atoms with E-state index in [9.17, 15) is 18.0 Å². The number of carbonyl (C=O) groups excluding carboxylic acids is 1. The van der Waals surface area contributed by atoms with E-state index in [0.29, 0.717) is 30.0 Å². The Morgan fingerprint density at radius 1 is 1.25 bits per heavy atom. The highest BCUT2D eigenvalue weighted by molar-refractivity contribution is 6.66. The van der Waals surface area contributed by atoms with Crippen LogP contribution in [0.25, 0.3) is 0 Å². The molecule has 0 saturated heterocycles. The van der Waals surface area contributed by atoms with Crippen LogP contribution in [0.3, 0.4) is 0 Å². The molecule has 1 atom stereocenters. The minimum absolute atomic E-state index is 0.0317. The number of alkyl halides is 3. The normalized spacial score (nSPS) is 22.6. The van der Waals surface area contributed by atoms with Crippen LogP contribution >= 0.6 is 11.6 Å². The summed E-state index contributed by atoms with van der Waals surface area (Å²) in [6, 6.07) is 3.54. The van der Waals surface area contributed by atoms with Crippen LogP contribution in [0.15, 0.2) is 18.2 Å². The summed E-state index contributed by atoms with van der Waals surface area (Å²) < 4.78 is 38.2. The van der Waals surface area contributed by atoms with Crippen LogP contribution in [-0.4, -0.2) is 11.4 Å². The molecular weight excluding hydrogens is 291 g/mol. The molecule has 3 rings (SSSR count). The van der Waals surface area contributed by atoms with E-state index in [1.807, 2.05) is 0 Å². The van der Waals surface area contributed by atoms with Gasteiger partial charge in [0.2, 0.25) is 0 Å². The Morgan fingerprint density at radius 2 is 1.95 bits per heavy atom. The fraction of sp³-hybridized carbons (Fsp3) is 0.500. The molecule has 1 fully saturated rings. The van der Waals surface area contributed by atoms with Crippen LogP contribution in [-0.2, 0) is 12.6 Å². The first-order chi connectivity index (χ1) is 9.38. The Hall–Kier alpha value is -1.23. The van der Waals surface area contributed by atoms with Crippen LogP contribution < -0.4 is 4.90 Å². The predicted molar refractivity (Wildman–Crippen MR) is 70.0 cm³/mol. The molecule has 1 heterocycles. The lowest BCUT2D eigenvalue weighted by atomic mass is 9.92. The number of hydrogen-bond acceptors (Lipinski definition) is 1. The van der Waals surface area contributed by atoms with Crippen molar-refractivity contribution in [1.29, 1.82) is 0 Å². The molecule has 1 aromatic carbocycles. The number of aryl methyl sites for hydroxylation is 1. The summed E-state index contributed by atoms with van der Waals surface area (Å²) in [6.07, 6.45) is -1.01. The molecule has 1 aliphatic carbocycles. The number of fused-ring (bicyclic) bond motifs is 1. The van der Waals surface area contributed by atoms with E-state index in [4.69, 9.17) is 11.6 Å². The number of halogens is 4. The molecule has 108 valence electrons. The number of amides is 1. The van der Waals surface area contributed by atoms with E-state index in [1.165, 1.54) is 11.0 Å². The van der Waals surface area contributed by atoms with Gasteiger partial charge in [-0.3, -0.25) is 9.69 Å². The minimum atomic E-state index is -4.36. The molecule has 0 aromatic heterocycles. The van der Waals surface area contributed by atoms with Gasteiger partial charge in [0.15, 0.2) is 0 Å². The summed E-state index contributed by atoms with van der Waals surface area (Å²) in [7, 11) is 0. The summed E-state index contributed by atoms with van der Waals surface area (Å²) >= 11 is 5.65. The number of anilines is 1. The second-order valence-electron chi connectivity index (χ2n) is 5.41. The standard InChI is InChI=1S/C14H13ClF3NO/c15-13(20)19-11(8-1-2-8)5-3-9-7-10(14(16,17)18)4-6-12(9)19/h4,6-8,11H,1-3,5H2. The summed E-state index contributed by atoms with van der Waals surface area (Å²) in [5, 5.41) is -0.609. The SMILES string of the molecule is O=C(Cl)N1c2ccc(C(F)(F)F)cc2CCC1C1CC1. The zero-order valence-corrected chi connectivity index (χ0v) is 11.3. The summed E-state index contributed by atoms with van der Waals surface area (Å²) in [5.74, 6) is 0.438. The Bertz CT molecular complexity index is 554. The first-order valence-corrected chi connectivity index (χ1v) is 6.94. The van der Waals surface area contributed by atoms with Gasteiger partial charge in [-0.05, 0) is 67.0 Å². The van der Waals surface area contributed by atoms with Crippen LogP contribution in [0.4, 0.5) is 23.7 Å². The number of hydrogen-bond donors (Lipinski definition) is 0. The van der Waals surface area contributed by atoms with Gasteiger partial charge in [-0.15, -0.1) is 0 Å². The van der Waals surface area contributed by atoms with Crippen molar-refractivity contribution < 1.29 is 18.0 Å². The van der Waals surface area contributed by atoms with Crippen molar-refractivity contribution in [3.8, 4) is 0 Å². The molecule has 1 saturated carbocycles. The molecule has 2 nitrogen and oxygen atoms in total. The lowest BCUT2D eigenvalue weighted by Gasteiger charge is -2.36. The Morgan fingerprint density at radius 3 is 2.50 bits per heavy atom. The quantitative estimate of drug-likeness (QED) is 0.548. The molecule has 0 radical (unpaired) electrons. The van der Waals surface area contributed by atoms with Gasteiger partial charge in [0.25, 0.3) is 0 Å². The largest absolute Gasteiger partial charge is 0.416 e. The third-order valence-corrected chi connectivity index (χ3v) is 4.25. The van der Waals surface area contributed by atoms with Crippen molar-refractivity contribution in [2.75, 3.05) is 4.90 Å². The topological polar surface area (TPSA) is 20.3 Å². The fourth-order valence-corrected chi connectivity index (χ4v) is 3.18. The van der Waals surface area contributed by atoms with Gasteiger partial charge in [0.05, 0.1) is 5.56 Å². The maximum absolute atomic E-state index is 12.7. The monoisotopic (exact) mass is 303 g/mol. The molecule has 2 aliphatic rings. The highest BCUT2D eigenvalue weighted by Gasteiger charge is 2.41. The highest BCUT2D eigenvalue weighted by atomic mass is 35.5. The molecule has 1 amide bonds. The fourth-order valence-electron chi connectivity index (χ4n) is 2.96. The third-order valence-electron chi connectivity index (χ3n) is 4.06. The van der Waals surface area contributed by atoms with Crippen molar-refractivity contribution in [2.45, 2.75) is 37.9 Å². The van der Waals surface area contributed by atoms with E-state index in [0.717, 1.165) is 25.0 Å². The number of nitrogens with zero attached hydrogens (tertiary/aromatic N) is 1. The summed E-state index contributed by atoms with van der Waals surface area (Å²) in [4.78, 5) is 13.1. The maximum atomic E-state index is 12.7. The second-order valence-corrected chi connectivity index (χ2v) is 5.73. The molecule has 1 aromatic rings. The first-order valence-electron chi connectivity index (χ1n) is 6.57. The predicted octanol–water partition coefficient (Wildman–Crippen LogP) is 4.60. The summed E-state index contributed by atoms with van der Waals surface area (Å²) in [5.41, 5.74) is 0.398. The molecular formula is C14H13ClF3NO. The van der Waals surface area contributed by atoms with Gasteiger partial charge in [-0.1, -0.05) is 0 Å². The van der Waals surface area contributed by atoms with Crippen molar-refractivity contribution in [3.05, 3.63) is 29.3 Å². The number of carbonyl (C=O) groups is 1. The van der Waals surface area contributed by atoms with Crippen molar-refractivity contribution in [1.82, 2.24) is 0 Å². The Kier molecular flexibility index (Phi) is 3.20. The van der Waals surface area contributed by atoms with Crippen molar-refractivity contribution in [2.24, 2.45) is 5.92 Å². The molecule has 1 unspecified atom stereocenters. The van der Waals surface area contributed by atoms with Gasteiger partial charge in [-0.2, -0.15) is 13.2 Å². The lowest BCUT2D eigenvalue weighted by molar-refractivity contribution is -0.137. The van der Waals surface area contributed by atoms with Crippen LogP contribution in [0, 0.1) is 5.92 Å². The average molecular weight is 304 g/mol. The van der Waals surface area contributed by atoms with Crippen molar-refractivity contribution >= 4 is 22.7 Å². The van der Waals surface area contributed by atoms with Crippen LogP contribution in [0.5, 0.6) is 0 Å². The summed E-state index contributed by atoms with van der Waals surface area (Å²) in [6.45, 7) is 0. The molecule has 1 aliphatic heterocycles. The van der Waals surface area contributed by atoms with Gasteiger partial charge in [0.1, 0.15) is 0 Å².